The maximum absolute atomic E-state index is 12.6. The van der Waals surface area contributed by atoms with Crippen molar-refractivity contribution in [3.05, 3.63) is 65.0 Å². The zero-order chi connectivity index (χ0) is 22.2. The Hall–Kier alpha value is -2.80. The summed E-state index contributed by atoms with van der Waals surface area (Å²) in [6.07, 6.45) is 1.88. The molecule has 1 heterocycles. The van der Waals surface area contributed by atoms with Crippen molar-refractivity contribution in [2.45, 2.75) is 58.8 Å². The van der Waals surface area contributed by atoms with Gasteiger partial charge in [-0.05, 0) is 55.5 Å². The molecular formula is C24H30N4O2S. The molecule has 164 valence electrons. The van der Waals surface area contributed by atoms with Crippen molar-refractivity contribution in [1.29, 1.82) is 0 Å². The van der Waals surface area contributed by atoms with Gasteiger partial charge in [0.1, 0.15) is 12.4 Å². The second-order valence-electron chi connectivity index (χ2n) is 7.23. The summed E-state index contributed by atoms with van der Waals surface area (Å²) in [6, 6.07) is 14.2. The molecule has 1 amide bonds. The average Bonchev–Trinajstić information content (AvgIpc) is 3.19. The average molecular weight is 439 g/mol. The predicted molar refractivity (Wildman–Crippen MR) is 126 cm³/mol. The van der Waals surface area contributed by atoms with Crippen LogP contribution in [0.3, 0.4) is 0 Å². The van der Waals surface area contributed by atoms with Crippen molar-refractivity contribution in [2.75, 3.05) is 11.1 Å². The van der Waals surface area contributed by atoms with E-state index in [1.807, 2.05) is 48.7 Å². The number of aryl methyl sites for hydroxylation is 3. The molecule has 1 N–H and O–H groups in total. The summed E-state index contributed by atoms with van der Waals surface area (Å²) in [5.74, 6) is 1.78. The topological polar surface area (TPSA) is 69.0 Å². The van der Waals surface area contributed by atoms with Crippen LogP contribution in [0.25, 0.3) is 0 Å². The van der Waals surface area contributed by atoms with Crippen molar-refractivity contribution in [3.63, 3.8) is 0 Å². The van der Waals surface area contributed by atoms with E-state index in [1.165, 1.54) is 17.3 Å². The van der Waals surface area contributed by atoms with E-state index in [0.717, 1.165) is 46.4 Å². The molecule has 6 nitrogen and oxygen atoms in total. The SMILES string of the molecule is CCc1ccc(OCc2nnc(SCC(=O)Nc3c(C)cccc3CC)n2CC)cc1. The lowest BCUT2D eigenvalue weighted by Gasteiger charge is -2.13. The second kappa shape index (κ2) is 11.0. The summed E-state index contributed by atoms with van der Waals surface area (Å²) >= 11 is 1.39. The largest absolute Gasteiger partial charge is 0.486 e. The number of amides is 1. The Balaban J connectivity index is 1.59. The molecule has 0 aliphatic heterocycles. The first-order valence-electron chi connectivity index (χ1n) is 10.7. The van der Waals surface area contributed by atoms with Crippen LogP contribution in [0.1, 0.15) is 43.3 Å². The predicted octanol–water partition coefficient (Wildman–Crippen LogP) is 5.04. The molecule has 3 aromatic rings. The summed E-state index contributed by atoms with van der Waals surface area (Å²) in [4.78, 5) is 12.6. The number of rotatable bonds is 10. The van der Waals surface area contributed by atoms with Gasteiger partial charge in [0.05, 0.1) is 5.75 Å². The van der Waals surface area contributed by atoms with Crippen LogP contribution in [0, 0.1) is 6.92 Å². The molecule has 0 unspecified atom stereocenters. The van der Waals surface area contributed by atoms with Crippen molar-refractivity contribution >= 4 is 23.4 Å². The van der Waals surface area contributed by atoms with Gasteiger partial charge in [-0.25, -0.2) is 0 Å². The Morgan fingerprint density at radius 2 is 1.84 bits per heavy atom. The van der Waals surface area contributed by atoms with Crippen LogP contribution in [0.2, 0.25) is 0 Å². The number of nitrogens with one attached hydrogen (secondary N) is 1. The number of benzene rings is 2. The van der Waals surface area contributed by atoms with Crippen LogP contribution in [0.4, 0.5) is 5.69 Å². The normalized spacial score (nSPS) is 10.8. The number of carbonyl (C=O) groups is 1. The van der Waals surface area contributed by atoms with Gasteiger partial charge in [-0.3, -0.25) is 4.79 Å². The van der Waals surface area contributed by atoms with Crippen LogP contribution in [0.5, 0.6) is 5.75 Å². The van der Waals surface area contributed by atoms with Gasteiger partial charge in [0.25, 0.3) is 0 Å². The molecule has 0 atom stereocenters. The van der Waals surface area contributed by atoms with E-state index < -0.39 is 0 Å². The minimum atomic E-state index is -0.0477. The third-order valence-corrected chi connectivity index (χ3v) is 6.11. The number of thioether (sulfide) groups is 1. The van der Waals surface area contributed by atoms with E-state index in [2.05, 4.69) is 41.5 Å². The Morgan fingerprint density at radius 3 is 2.52 bits per heavy atom. The van der Waals surface area contributed by atoms with Crippen molar-refractivity contribution in [3.8, 4) is 5.75 Å². The molecular weight excluding hydrogens is 408 g/mol. The Kier molecular flexibility index (Phi) is 8.12. The van der Waals surface area contributed by atoms with Crippen LogP contribution in [-0.4, -0.2) is 26.4 Å². The van der Waals surface area contributed by atoms with Gasteiger partial charge in [0.2, 0.25) is 5.91 Å². The van der Waals surface area contributed by atoms with E-state index in [0.29, 0.717) is 13.2 Å². The number of anilines is 1. The number of hydrogen-bond acceptors (Lipinski definition) is 5. The van der Waals surface area contributed by atoms with Gasteiger partial charge in [-0.2, -0.15) is 0 Å². The van der Waals surface area contributed by atoms with Crippen LogP contribution in [-0.2, 0) is 30.8 Å². The van der Waals surface area contributed by atoms with Crippen molar-refractivity contribution < 1.29 is 9.53 Å². The Morgan fingerprint density at radius 1 is 1.06 bits per heavy atom. The molecule has 0 bridgehead atoms. The van der Waals surface area contributed by atoms with Gasteiger partial charge < -0.3 is 14.6 Å². The first-order chi connectivity index (χ1) is 15.0. The zero-order valence-corrected chi connectivity index (χ0v) is 19.5. The fourth-order valence-electron chi connectivity index (χ4n) is 3.33. The molecule has 0 radical (unpaired) electrons. The standard InChI is InChI=1S/C24H30N4O2S/c1-5-18-11-13-20(14-12-18)30-15-21-26-27-24(28(21)7-3)31-16-22(29)25-23-17(4)9-8-10-19(23)6-2/h8-14H,5-7,15-16H2,1-4H3,(H,25,29). The minimum absolute atomic E-state index is 0.0477. The monoisotopic (exact) mass is 438 g/mol. The molecule has 2 aromatic carbocycles. The minimum Gasteiger partial charge on any atom is -0.486 e. The molecule has 31 heavy (non-hydrogen) atoms. The maximum Gasteiger partial charge on any atom is 0.234 e. The summed E-state index contributed by atoms with van der Waals surface area (Å²) in [5.41, 5.74) is 4.40. The molecule has 0 fully saturated rings. The third kappa shape index (κ3) is 5.88. The molecule has 0 aliphatic rings. The lowest BCUT2D eigenvalue weighted by Crippen LogP contribution is -2.17. The van der Waals surface area contributed by atoms with Gasteiger partial charge >= 0.3 is 0 Å². The second-order valence-corrected chi connectivity index (χ2v) is 8.17. The van der Waals surface area contributed by atoms with E-state index in [1.54, 1.807) is 0 Å². The summed E-state index contributed by atoms with van der Waals surface area (Å²) in [5, 5.41) is 12.3. The highest BCUT2D eigenvalue weighted by Crippen LogP contribution is 2.23. The fourth-order valence-corrected chi connectivity index (χ4v) is 4.15. The van der Waals surface area contributed by atoms with E-state index in [9.17, 15) is 4.79 Å². The molecule has 0 spiro atoms. The first-order valence-corrected chi connectivity index (χ1v) is 11.7. The summed E-state index contributed by atoms with van der Waals surface area (Å²) in [6.45, 7) is 9.31. The maximum atomic E-state index is 12.6. The van der Waals surface area contributed by atoms with Gasteiger partial charge in [0, 0.05) is 12.2 Å². The quantitative estimate of drug-likeness (QED) is 0.449. The fraction of sp³-hybridized carbons (Fsp3) is 0.375. The molecule has 3 rings (SSSR count). The number of hydrogen-bond donors (Lipinski definition) is 1. The van der Waals surface area contributed by atoms with Gasteiger partial charge in [-0.1, -0.05) is 55.9 Å². The number of para-hydroxylation sites is 1. The number of nitrogens with zero attached hydrogens (tertiary/aromatic N) is 3. The molecule has 0 saturated heterocycles. The Bertz CT molecular complexity index is 1010. The smallest absolute Gasteiger partial charge is 0.234 e. The number of aromatic nitrogens is 3. The first kappa shape index (κ1) is 22.9. The molecule has 1 aromatic heterocycles. The summed E-state index contributed by atoms with van der Waals surface area (Å²) in [7, 11) is 0. The number of ether oxygens (including phenoxy) is 1. The van der Waals surface area contributed by atoms with E-state index >= 15 is 0 Å². The molecule has 7 heteroatoms. The third-order valence-electron chi connectivity index (χ3n) is 5.15. The van der Waals surface area contributed by atoms with E-state index in [4.69, 9.17) is 4.74 Å². The molecule has 0 aliphatic carbocycles. The highest BCUT2D eigenvalue weighted by Gasteiger charge is 2.15. The lowest BCUT2D eigenvalue weighted by molar-refractivity contribution is -0.113. The summed E-state index contributed by atoms with van der Waals surface area (Å²) < 4.78 is 7.87. The van der Waals surface area contributed by atoms with Crippen LogP contribution in [0.15, 0.2) is 47.6 Å². The molecule has 0 saturated carbocycles. The lowest BCUT2D eigenvalue weighted by atomic mass is 10.1. The Labute approximate surface area is 188 Å². The van der Waals surface area contributed by atoms with Gasteiger partial charge in [-0.15, -0.1) is 10.2 Å². The van der Waals surface area contributed by atoms with Crippen molar-refractivity contribution in [2.24, 2.45) is 0 Å². The van der Waals surface area contributed by atoms with Crippen LogP contribution < -0.4 is 10.1 Å². The van der Waals surface area contributed by atoms with Crippen LogP contribution >= 0.6 is 11.8 Å². The highest BCUT2D eigenvalue weighted by molar-refractivity contribution is 7.99. The number of carbonyl (C=O) groups excluding carboxylic acids is 1. The van der Waals surface area contributed by atoms with Crippen molar-refractivity contribution in [1.82, 2.24) is 14.8 Å². The highest BCUT2D eigenvalue weighted by atomic mass is 32.2. The van der Waals surface area contributed by atoms with Gasteiger partial charge in [0.15, 0.2) is 11.0 Å². The van der Waals surface area contributed by atoms with E-state index in [-0.39, 0.29) is 11.7 Å². The zero-order valence-electron chi connectivity index (χ0n) is 18.6.